The van der Waals surface area contributed by atoms with Crippen molar-refractivity contribution in [2.45, 2.75) is 47.6 Å². The lowest BCUT2D eigenvalue weighted by molar-refractivity contribution is -0.895. The van der Waals surface area contributed by atoms with E-state index in [-0.39, 0.29) is 23.9 Å². The Morgan fingerprint density at radius 1 is 1.22 bits per heavy atom. The minimum absolute atomic E-state index is 0.0231. The maximum Gasteiger partial charge on any atom is 0.262 e. The number of piperidine rings is 1. The van der Waals surface area contributed by atoms with Gasteiger partial charge in [-0.05, 0) is 44.6 Å². The van der Waals surface area contributed by atoms with E-state index in [4.69, 9.17) is 0 Å². The number of carbonyl (C=O) groups is 2. The maximum atomic E-state index is 13.1. The SMILES string of the molecule is CC[NH+](CC)CCNC(=O)c1sc2ncn(CC(=O)N3CC(C)CC(C)C3)c(=O)c2c1C. The van der Waals surface area contributed by atoms with E-state index in [0.717, 1.165) is 39.1 Å². The van der Waals surface area contributed by atoms with E-state index >= 15 is 0 Å². The third kappa shape index (κ3) is 5.38. The van der Waals surface area contributed by atoms with E-state index in [1.54, 1.807) is 6.92 Å². The largest absolute Gasteiger partial charge is 0.346 e. The van der Waals surface area contributed by atoms with E-state index in [0.29, 0.717) is 39.0 Å². The van der Waals surface area contributed by atoms with Crippen molar-refractivity contribution >= 4 is 33.4 Å². The van der Waals surface area contributed by atoms with Crippen LogP contribution in [-0.2, 0) is 11.3 Å². The molecule has 2 atom stereocenters. The van der Waals surface area contributed by atoms with Crippen LogP contribution < -0.4 is 15.8 Å². The number of aryl methyl sites for hydroxylation is 1. The number of nitrogens with one attached hydrogen (secondary N) is 2. The van der Waals surface area contributed by atoms with Crippen molar-refractivity contribution in [1.82, 2.24) is 19.8 Å². The zero-order chi connectivity index (χ0) is 23.4. The molecule has 0 saturated carbocycles. The Morgan fingerprint density at radius 2 is 1.88 bits per heavy atom. The monoisotopic (exact) mass is 462 g/mol. The number of hydrogen-bond acceptors (Lipinski definition) is 5. The molecule has 1 aliphatic rings. The molecule has 2 aromatic rings. The number of amides is 2. The molecule has 2 N–H and O–H groups in total. The standard InChI is InChI=1S/C23H35N5O3S/c1-6-26(7-2)9-8-24-21(30)20-17(5)19-22(32-20)25-14-28(23(19)31)13-18(29)27-11-15(3)10-16(4)12-27/h14-16H,6-13H2,1-5H3,(H,24,30)/p+1. The van der Waals surface area contributed by atoms with Crippen molar-refractivity contribution in [3.8, 4) is 0 Å². The molecular formula is C23H36N5O3S+. The fourth-order valence-corrected chi connectivity index (χ4v) is 5.69. The van der Waals surface area contributed by atoms with Gasteiger partial charge in [-0.15, -0.1) is 11.3 Å². The Bertz CT molecular complexity index is 1020. The maximum absolute atomic E-state index is 13.1. The van der Waals surface area contributed by atoms with Crippen LogP contribution in [0.5, 0.6) is 0 Å². The van der Waals surface area contributed by atoms with Crippen molar-refractivity contribution in [3.05, 3.63) is 27.1 Å². The molecule has 3 rings (SSSR count). The molecule has 8 nitrogen and oxygen atoms in total. The molecule has 2 unspecified atom stereocenters. The number of nitrogens with zero attached hydrogens (tertiary/aromatic N) is 3. The van der Waals surface area contributed by atoms with Crippen LogP contribution in [-0.4, -0.2) is 65.5 Å². The quantitative estimate of drug-likeness (QED) is 0.611. The number of likely N-dealkylation sites (tertiary alicyclic amines) is 1. The van der Waals surface area contributed by atoms with Crippen LogP contribution in [0.4, 0.5) is 0 Å². The van der Waals surface area contributed by atoms with Gasteiger partial charge in [0.15, 0.2) is 0 Å². The van der Waals surface area contributed by atoms with Gasteiger partial charge >= 0.3 is 0 Å². The first-order valence-electron chi connectivity index (χ1n) is 11.6. The first kappa shape index (κ1) is 24.4. The molecule has 0 spiro atoms. The molecule has 176 valence electrons. The van der Waals surface area contributed by atoms with Crippen LogP contribution in [0, 0.1) is 18.8 Å². The van der Waals surface area contributed by atoms with Crippen LogP contribution in [0.15, 0.2) is 11.1 Å². The van der Waals surface area contributed by atoms with E-state index in [1.165, 1.54) is 27.1 Å². The lowest BCUT2D eigenvalue weighted by Crippen LogP contribution is -3.12. The number of rotatable bonds is 8. The highest BCUT2D eigenvalue weighted by atomic mass is 32.1. The summed E-state index contributed by atoms with van der Waals surface area (Å²) >= 11 is 1.23. The molecular weight excluding hydrogens is 426 g/mol. The molecule has 3 heterocycles. The Labute approximate surface area is 193 Å². The molecule has 0 radical (unpaired) electrons. The summed E-state index contributed by atoms with van der Waals surface area (Å²) in [7, 11) is 0. The fourth-order valence-electron chi connectivity index (χ4n) is 4.64. The van der Waals surface area contributed by atoms with E-state index < -0.39 is 0 Å². The molecule has 2 amide bonds. The predicted octanol–water partition coefficient (Wildman–Crippen LogP) is 0.925. The van der Waals surface area contributed by atoms with Crippen molar-refractivity contribution in [1.29, 1.82) is 0 Å². The average Bonchev–Trinajstić information content (AvgIpc) is 3.09. The summed E-state index contributed by atoms with van der Waals surface area (Å²) in [6.07, 6.45) is 2.55. The normalized spacial score (nSPS) is 19.0. The second-order valence-electron chi connectivity index (χ2n) is 9.12. The van der Waals surface area contributed by atoms with Gasteiger partial charge in [0.25, 0.3) is 11.5 Å². The van der Waals surface area contributed by atoms with Gasteiger partial charge in [0, 0.05) is 13.1 Å². The Morgan fingerprint density at radius 3 is 2.50 bits per heavy atom. The number of likely N-dealkylation sites (N-methyl/N-ethyl adjacent to an activating group) is 1. The van der Waals surface area contributed by atoms with Crippen molar-refractivity contribution < 1.29 is 14.5 Å². The molecule has 1 fully saturated rings. The van der Waals surface area contributed by atoms with Gasteiger partial charge in [-0.2, -0.15) is 0 Å². The van der Waals surface area contributed by atoms with E-state index in [1.807, 2.05) is 4.90 Å². The summed E-state index contributed by atoms with van der Waals surface area (Å²) in [5.74, 6) is 0.693. The fraction of sp³-hybridized carbons (Fsp3) is 0.652. The second kappa shape index (κ2) is 10.6. The summed E-state index contributed by atoms with van der Waals surface area (Å²) in [6.45, 7) is 15.3. The molecule has 1 aliphatic heterocycles. The summed E-state index contributed by atoms with van der Waals surface area (Å²) in [6, 6.07) is 0. The molecule has 0 aliphatic carbocycles. The minimum Gasteiger partial charge on any atom is -0.346 e. The highest BCUT2D eigenvalue weighted by Gasteiger charge is 2.26. The van der Waals surface area contributed by atoms with Crippen LogP contribution >= 0.6 is 11.3 Å². The van der Waals surface area contributed by atoms with Crippen molar-refractivity contribution in [2.24, 2.45) is 11.8 Å². The smallest absolute Gasteiger partial charge is 0.262 e. The number of hydrogen-bond donors (Lipinski definition) is 2. The third-order valence-corrected chi connectivity index (χ3v) is 7.61. The predicted molar refractivity (Wildman–Crippen MR) is 127 cm³/mol. The van der Waals surface area contributed by atoms with Crippen molar-refractivity contribution in [2.75, 3.05) is 39.3 Å². The lowest BCUT2D eigenvalue weighted by Gasteiger charge is -2.35. The molecule has 2 aromatic heterocycles. The molecule has 0 aromatic carbocycles. The number of carbonyl (C=O) groups excluding carboxylic acids is 2. The van der Waals surface area contributed by atoms with Gasteiger partial charge in [-0.1, -0.05) is 13.8 Å². The van der Waals surface area contributed by atoms with Crippen LogP contribution in [0.25, 0.3) is 10.2 Å². The van der Waals surface area contributed by atoms with Gasteiger partial charge in [-0.3, -0.25) is 19.0 Å². The van der Waals surface area contributed by atoms with Crippen molar-refractivity contribution in [3.63, 3.8) is 0 Å². The van der Waals surface area contributed by atoms with Crippen LogP contribution in [0.3, 0.4) is 0 Å². The summed E-state index contributed by atoms with van der Waals surface area (Å²) in [5, 5.41) is 3.41. The van der Waals surface area contributed by atoms with Crippen LogP contribution in [0.2, 0.25) is 0 Å². The molecule has 9 heteroatoms. The molecule has 0 bridgehead atoms. The van der Waals surface area contributed by atoms with Gasteiger partial charge < -0.3 is 15.1 Å². The minimum atomic E-state index is -0.262. The number of quaternary nitrogens is 1. The second-order valence-corrected chi connectivity index (χ2v) is 10.1. The molecule has 1 saturated heterocycles. The Hall–Kier alpha value is -2.26. The molecule has 32 heavy (non-hydrogen) atoms. The van der Waals surface area contributed by atoms with Gasteiger partial charge in [-0.25, -0.2) is 4.98 Å². The zero-order valence-corrected chi connectivity index (χ0v) is 20.7. The Kier molecular flexibility index (Phi) is 8.05. The topological polar surface area (TPSA) is 88.7 Å². The first-order chi connectivity index (χ1) is 15.2. The number of fused-ring (bicyclic) bond motifs is 1. The first-order valence-corrected chi connectivity index (χ1v) is 12.4. The van der Waals surface area contributed by atoms with E-state index in [2.05, 4.69) is 38.0 Å². The summed E-state index contributed by atoms with van der Waals surface area (Å²) in [5.41, 5.74) is 0.374. The lowest BCUT2D eigenvalue weighted by atomic mass is 9.92. The third-order valence-electron chi connectivity index (χ3n) is 6.41. The average molecular weight is 463 g/mol. The van der Waals surface area contributed by atoms with Crippen LogP contribution in [0.1, 0.15) is 49.4 Å². The summed E-state index contributed by atoms with van der Waals surface area (Å²) < 4.78 is 1.37. The number of thiophene rings is 1. The highest BCUT2D eigenvalue weighted by molar-refractivity contribution is 7.20. The van der Waals surface area contributed by atoms with Gasteiger partial charge in [0.05, 0.1) is 42.8 Å². The van der Waals surface area contributed by atoms with Gasteiger partial charge in [0.1, 0.15) is 11.4 Å². The zero-order valence-electron chi connectivity index (χ0n) is 19.9. The summed E-state index contributed by atoms with van der Waals surface area (Å²) in [4.78, 5) is 47.4. The van der Waals surface area contributed by atoms with E-state index in [9.17, 15) is 14.4 Å². The van der Waals surface area contributed by atoms with Gasteiger partial charge in [0.2, 0.25) is 5.91 Å². The highest BCUT2D eigenvalue weighted by Crippen LogP contribution is 2.27. The Balaban J connectivity index is 1.75. The number of aromatic nitrogens is 2.